The Morgan fingerprint density at radius 1 is 1.08 bits per heavy atom. The van der Waals surface area contributed by atoms with Gasteiger partial charge in [0, 0.05) is 35.4 Å². The summed E-state index contributed by atoms with van der Waals surface area (Å²) in [5, 5.41) is 5.75. The molecule has 2 N–H and O–H groups in total. The minimum Gasteiger partial charge on any atom is -0.487 e. The molecule has 0 aliphatic heterocycles. The Bertz CT molecular complexity index is 846. The second kappa shape index (κ2) is 8.07. The summed E-state index contributed by atoms with van der Waals surface area (Å²) < 4.78 is 5.76. The van der Waals surface area contributed by atoms with Crippen molar-refractivity contribution in [3.05, 3.63) is 71.9 Å². The Morgan fingerprint density at radius 3 is 2.72 bits per heavy atom. The summed E-state index contributed by atoms with van der Waals surface area (Å²) in [6.07, 6.45) is 7.85. The molecule has 0 bridgehead atoms. The largest absolute Gasteiger partial charge is 0.487 e. The van der Waals surface area contributed by atoms with Gasteiger partial charge in [0.15, 0.2) is 5.82 Å². The van der Waals surface area contributed by atoms with Gasteiger partial charge in [-0.25, -0.2) is 9.78 Å². The van der Waals surface area contributed by atoms with Crippen LogP contribution in [0.4, 0.5) is 16.3 Å². The van der Waals surface area contributed by atoms with E-state index in [1.807, 2.05) is 12.1 Å². The molecule has 0 spiro atoms. The van der Waals surface area contributed by atoms with E-state index in [1.54, 1.807) is 30.6 Å². The zero-order valence-electron chi connectivity index (χ0n) is 13.0. The molecule has 2 aromatic heterocycles. The number of hydrogen-bond acceptors (Lipinski definition) is 5. The van der Waals surface area contributed by atoms with Crippen LogP contribution < -0.4 is 15.4 Å². The molecule has 7 nitrogen and oxygen atoms in total. The minimum absolute atomic E-state index is 0.315. The monoisotopic (exact) mass is 355 g/mol. The molecule has 2 heterocycles. The zero-order valence-corrected chi connectivity index (χ0v) is 13.8. The van der Waals surface area contributed by atoms with E-state index in [0.29, 0.717) is 28.9 Å². The van der Waals surface area contributed by atoms with Gasteiger partial charge in [-0.05, 0) is 24.3 Å². The van der Waals surface area contributed by atoms with Crippen molar-refractivity contribution in [3.8, 4) is 5.75 Å². The highest BCUT2D eigenvalue weighted by atomic mass is 35.5. The fraction of sp³-hybridized carbons (Fsp3) is 0.0588. The van der Waals surface area contributed by atoms with E-state index in [1.165, 1.54) is 18.6 Å². The van der Waals surface area contributed by atoms with Gasteiger partial charge in [-0.1, -0.05) is 17.7 Å². The molecule has 0 aliphatic carbocycles. The maximum Gasteiger partial charge on any atom is 0.325 e. The van der Waals surface area contributed by atoms with Crippen molar-refractivity contribution in [3.63, 3.8) is 0 Å². The number of ether oxygens (including phenoxy) is 1. The average Bonchev–Trinajstić information content (AvgIpc) is 2.63. The van der Waals surface area contributed by atoms with Gasteiger partial charge < -0.3 is 10.1 Å². The first kappa shape index (κ1) is 16.7. The van der Waals surface area contributed by atoms with Crippen molar-refractivity contribution in [1.82, 2.24) is 15.0 Å². The SMILES string of the molecule is O=C(Nc1cnccn1)Nc1cc(Cl)ccc1OCc1cccnc1. The predicted molar refractivity (Wildman–Crippen MR) is 94.7 cm³/mol. The number of aromatic nitrogens is 3. The third-order valence-corrected chi connectivity index (χ3v) is 3.35. The quantitative estimate of drug-likeness (QED) is 0.727. The van der Waals surface area contributed by atoms with E-state index in [-0.39, 0.29) is 0 Å². The van der Waals surface area contributed by atoms with Crippen LogP contribution in [0, 0.1) is 0 Å². The summed E-state index contributed by atoms with van der Waals surface area (Å²) in [5.41, 5.74) is 1.35. The fourth-order valence-electron chi connectivity index (χ4n) is 2.00. The van der Waals surface area contributed by atoms with Crippen molar-refractivity contribution in [2.24, 2.45) is 0 Å². The van der Waals surface area contributed by atoms with Crippen LogP contribution in [0.25, 0.3) is 0 Å². The van der Waals surface area contributed by atoms with Crippen LogP contribution in [0.2, 0.25) is 5.02 Å². The highest BCUT2D eigenvalue weighted by Gasteiger charge is 2.10. The number of benzene rings is 1. The second-order valence-corrected chi connectivity index (χ2v) is 5.40. The summed E-state index contributed by atoms with van der Waals surface area (Å²) >= 11 is 6.02. The number of halogens is 1. The first-order chi connectivity index (χ1) is 12.2. The smallest absolute Gasteiger partial charge is 0.325 e. The number of amides is 2. The van der Waals surface area contributed by atoms with E-state index in [9.17, 15) is 4.79 Å². The molecule has 0 unspecified atom stereocenters. The maximum atomic E-state index is 12.1. The first-order valence-corrected chi connectivity index (χ1v) is 7.74. The van der Waals surface area contributed by atoms with Gasteiger partial charge in [0.05, 0.1) is 11.9 Å². The predicted octanol–water partition coefficient (Wildman–Crippen LogP) is 3.75. The molecule has 3 rings (SSSR count). The Labute approximate surface area is 149 Å². The third kappa shape index (κ3) is 4.89. The number of hydrogen-bond donors (Lipinski definition) is 2. The molecule has 8 heteroatoms. The van der Waals surface area contributed by atoms with Gasteiger partial charge in [0.2, 0.25) is 0 Å². The second-order valence-electron chi connectivity index (χ2n) is 4.96. The van der Waals surface area contributed by atoms with Crippen molar-refractivity contribution in [2.75, 3.05) is 10.6 Å². The van der Waals surface area contributed by atoms with Crippen molar-refractivity contribution < 1.29 is 9.53 Å². The molecule has 25 heavy (non-hydrogen) atoms. The maximum absolute atomic E-state index is 12.1. The molecule has 0 aliphatic rings. The molecule has 2 amide bonds. The molecule has 0 saturated heterocycles. The van der Waals surface area contributed by atoms with E-state index in [2.05, 4.69) is 25.6 Å². The van der Waals surface area contributed by atoms with Crippen LogP contribution >= 0.6 is 11.6 Å². The molecule has 0 saturated carbocycles. The third-order valence-electron chi connectivity index (χ3n) is 3.11. The lowest BCUT2D eigenvalue weighted by molar-refractivity contribution is 0.261. The van der Waals surface area contributed by atoms with Gasteiger partial charge in [0.1, 0.15) is 12.4 Å². The Hall–Kier alpha value is -3.19. The normalized spacial score (nSPS) is 10.1. The van der Waals surface area contributed by atoms with E-state index in [4.69, 9.17) is 16.3 Å². The molecular weight excluding hydrogens is 342 g/mol. The molecular formula is C17H14ClN5O2. The number of pyridine rings is 1. The Kier molecular flexibility index (Phi) is 5.38. The lowest BCUT2D eigenvalue weighted by Crippen LogP contribution is -2.20. The lowest BCUT2D eigenvalue weighted by atomic mass is 10.2. The first-order valence-electron chi connectivity index (χ1n) is 7.36. The van der Waals surface area contributed by atoms with Crippen LogP contribution in [0.15, 0.2) is 61.3 Å². The van der Waals surface area contributed by atoms with Gasteiger partial charge in [-0.15, -0.1) is 0 Å². The summed E-state index contributed by atoms with van der Waals surface area (Å²) in [5.74, 6) is 0.822. The zero-order chi connectivity index (χ0) is 17.5. The van der Waals surface area contributed by atoms with Crippen LogP contribution in [-0.4, -0.2) is 21.0 Å². The van der Waals surface area contributed by atoms with Crippen molar-refractivity contribution in [1.29, 1.82) is 0 Å². The summed E-state index contributed by atoms with van der Waals surface area (Å²) in [6, 6.07) is 8.23. The number of carbonyl (C=O) groups excluding carboxylic acids is 1. The summed E-state index contributed by atoms with van der Waals surface area (Å²) in [7, 11) is 0. The number of urea groups is 1. The summed E-state index contributed by atoms with van der Waals surface area (Å²) in [6.45, 7) is 0.315. The number of anilines is 2. The lowest BCUT2D eigenvalue weighted by Gasteiger charge is -2.13. The summed E-state index contributed by atoms with van der Waals surface area (Å²) in [4.78, 5) is 24.0. The molecule has 0 radical (unpaired) electrons. The molecule has 1 aromatic carbocycles. The Balaban J connectivity index is 1.69. The van der Waals surface area contributed by atoms with E-state index in [0.717, 1.165) is 5.56 Å². The number of nitrogens with one attached hydrogen (secondary N) is 2. The molecule has 0 atom stereocenters. The fourth-order valence-corrected chi connectivity index (χ4v) is 2.18. The van der Waals surface area contributed by atoms with Gasteiger partial charge in [-0.3, -0.25) is 15.3 Å². The van der Waals surface area contributed by atoms with Crippen LogP contribution in [0.1, 0.15) is 5.56 Å². The van der Waals surface area contributed by atoms with Crippen molar-refractivity contribution in [2.45, 2.75) is 6.61 Å². The van der Waals surface area contributed by atoms with Gasteiger partial charge in [0.25, 0.3) is 0 Å². The minimum atomic E-state index is -0.478. The standard InChI is InChI=1S/C17H14ClN5O2/c18-13-3-4-15(25-11-12-2-1-5-19-9-12)14(8-13)22-17(24)23-16-10-20-6-7-21-16/h1-10H,11H2,(H2,21,22,23,24). The molecule has 126 valence electrons. The van der Waals surface area contributed by atoms with E-state index < -0.39 is 6.03 Å². The Morgan fingerprint density at radius 2 is 1.96 bits per heavy atom. The topological polar surface area (TPSA) is 89.0 Å². The van der Waals surface area contributed by atoms with Gasteiger partial charge in [-0.2, -0.15) is 0 Å². The number of nitrogens with zero attached hydrogens (tertiary/aromatic N) is 3. The van der Waals surface area contributed by atoms with Crippen LogP contribution in [0.5, 0.6) is 5.75 Å². The average molecular weight is 356 g/mol. The highest BCUT2D eigenvalue weighted by Crippen LogP contribution is 2.28. The van der Waals surface area contributed by atoms with Crippen LogP contribution in [0.3, 0.4) is 0 Å². The van der Waals surface area contributed by atoms with Crippen molar-refractivity contribution >= 4 is 29.1 Å². The van der Waals surface area contributed by atoms with E-state index >= 15 is 0 Å². The molecule has 3 aromatic rings. The number of carbonyl (C=O) groups is 1. The van der Waals surface area contributed by atoms with Gasteiger partial charge >= 0.3 is 6.03 Å². The van der Waals surface area contributed by atoms with Crippen LogP contribution in [-0.2, 0) is 6.61 Å². The number of rotatable bonds is 5. The molecule has 0 fully saturated rings. The highest BCUT2D eigenvalue weighted by molar-refractivity contribution is 6.31.